The highest BCUT2D eigenvalue weighted by molar-refractivity contribution is 8.27. The van der Waals surface area contributed by atoms with Gasteiger partial charge < -0.3 is 5.11 Å². The molecule has 2 heterocycles. The summed E-state index contributed by atoms with van der Waals surface area (Å²) in [5, 5.41) is 9.03. The maximum Gasteiger partial charge on any atom is 0.335 e. The number of carboxylic acids is 1. The van der Waals surface area contributed by atoms with E-state index >= 15 is 0 Å². The second-order valence-electron chi connectivity index (χ2n) is 5.76. The van der Waals surface area contributed by atoms with E-state index in [4.69, 9.17) is 17.3 Å². The van der Waals surface area contributed by atoms with Gasteiger partial charge in [-0.05, 0) is 47.9 Å². The van der Waals surface area contributed by atoms with Gasteiger partial charge in [0.2, 0.25) is 0 Å². The number of thiocarbonyl (C=S) groups is 1. The predicted molar refractivity (Wildman–Crippen MR) is 110 cm³/mol. The molecule has 1 fully saturated rings. The van der Waals surface area contributed by atoms with Crippen LogP contribution < -0.4 is 4.90 Å². The smallest absolute Gasteiger partial charge is 0.335 e. The average Bonchev–Trinajstić information content (AvgIpc) is 2.95. The fourth-order valence-electron chi connectivity index (χ4n) is 3.00. The van der Waals surface area contributed by atoms with Crippen molar-refractivity contribution in [2.45, 2.75) is 11.3 Å². The monoisotopic (exact) mass is 399 g/mol. The quantitative estimate of drug-likeness (QED) is 0.586. The first-order chi connectivity index (χ1) is 12.6. The van der Waals surface area contributed by atoms with Crippen LogP contribution in [0.3, 0.4) is 0 Å². The fraction of sp³-hybridized carbons (Fsp3) is 0.105. The Morgan fingerprint density at radius 1 is 1.12 bits per heavy atom. The summed E-state index contributed by atoms with van der Waals surface area (Å²) in [6, 6.07) is 14.3. The van der Waals surface area contributed by atoms with Crippen molar-refractivity contribution >= 4 is 63.2 Å². The molecule has 0 saturated carbocycles. The summed E-state index contributed by atoms with van der Waals surface area (Å²) in [5.74, 6) is -0.204. The highest BCUT2D eigenvalue weighted by atomic mass is 32.2. The molecule has 7 heteroatoms. The first-order valence-corrected chi connectivity index (χ1v) is 10.1. The lowest BCUT2D eigenvalue weighted by Gasteiger charge is -2.20. The van der Waals surface area contributed by atoms with E-state index in [1.54, 1.807) is 23.9 Å². The van der Waals surface area contributed by atoms with Crippen LogP contribution in [-0.2, 0) is 4.79 Å². The molecule has 0 atom stereocenters. The molecule has 130 valence electrons. The Hall–Kier alpha value is -2.09. The number of amides is 1. The molecule has 1 amide bonds. The summed E-state index contributed by atoms with van der Waals surface area (Å²) >= 11 is 8.56. The molecule has 0 spiro atoms. The Morgan fingerprint density at radius 3 is 2.58 bits per heavy atom. The van der Waals surface area contributed by atoms with Crippen LogP contribution in [0.15, 0.2) is 58.3 Å². The first kappa shape index (κ1) is 17.3. The lowest BCUT2D eigenvalue weighted by atomic mass is 10.0. The van der Waals surface area contributed by atoms with E-state index in [-0.39, 0.29) is 11.5 Å². The fourth-order valence-corrected chi connectivity index (χ4v) is 5.46. The van der Waals surface area contributed by atoms with Gasteiger partial charge >= 0.3 is 5.97 Å². The van der Waals surface area contributed by atoms with Gasteiger partial charge in [0.15, 0.2) is 4.32 Å². The number of thioether (sulfide) groups is 2. The highest BCUT2D eigenvalue weighted by Gasteiger charge is 2.36. The molecule has 0 unspecified atom stereocenters. The molecule has 0 bridgehead atoms. The third kappa shape index (κ3) is 2.96. The van der Waals surface area contributed by atoms with Crippen LogP contribution in [0.5, 0.6) is 0 Å². The van der Waals surface area contributed by atoms with Gasteiger partial charge in [0.05, 0.1) is 16.2 Å². The number of carboxylic acid groups (broad SMARTS) is 1. The van der Waals surface area contributed by atoms with E-state index in [0.717, 1.165) is 23.3 Å². The molecule has 0 aromatic heterocycles. The number of carbonyl (C=O) groups excluding carboxylic acids is 1. The van der Waals surface area contributed by atoms with Gasteiger partial charge in [-0.1, -0.05) is 42.2 Å². The van der Waals surface area contributed by atoms with Gasteiger partial charge in [-0.25, -0.2) is 4.79 Å². The van der Waals surface area contributed by atoms with Gasteiger partial charge in [-0.3, -0.25) is 9.69 Å². The summed E-state index contributed by atoms with van der Waals surface area (Å²) in [6.07, 6.45) is 0.824. The molecular formula is C19H13NO3S3. The van der Waals surface area contributed by atoms with E-state index in [9.17, 15) is 9.59 Å². The van der Waals surface area contributed by atoms with Crippen LogP contribution in [0.2, 0.25) is 0 Å². The number of nitrogens with zero attached hydrogens (tertiary/aromatic N) is 1. The predicted octanol–water partition coefficient (Wildman–Crippen LogP) is 4.66. The summed E-state index contributed by atoms with van der Waals surface area (Å²) < 4.78 is 0.469. The minimum atomic E-state index is -1.000. The number of hydrogen-bond donors (Lipinski definition) is 1. The molecule has 0 radical (unpaired) electrons. The number of benzene rings is 2. The lowest BCUT2D eigenvalue weighted by Crippen LogP contribution is -2.27. The lowest BCUT2D eigenvalue weighted by molar-refractivity contribution is -0.113. The van der Waals surface area contributed by atoms with Crippen molar-refractivity contribution in [1.29, 1.82) is 0 Å². The van der Waals surface area contributed by atoms with Crippen LogP contribution in [0.4, 0.5) is 5.69 Å². The minimum Gasteiger partial charge on any atom is -0.478 e. The summed E-state index contributed by atoms with van der Waals surface area (Å²) in [6.45, 7) is 0. The van der Waals surface area contributed by atoms with Gasteiger partial charge in [-0.15, -0.1) is 11.8 Å². The molecule has 4 nitrogen and oxygen atoms in total. The molecule has 4 rings (SSSR count). The topological polar surface area (TPSA) is 57.6 Å². The average molecular weight is 400 g/mol. The molecular weight excluding hydrogens is 386 g/mol. The zero-order valence-electron chi connectivity index (χ0n) is 13.5. The summed E-state index contributed by atoms with van der Waals surface area (Å²) in [4.78, 5) is 27.4. The third-order valence-electron chi connectivity index (χ3n) is 4.24. The first-order valence-electron chi connectivity index (χ1n) is 7.91. The molecule has 2 aromatic carbocycles. The Kier molecular flexibility index (Phi) is 4.60. The van der Waals surface area contributed by atoms with Gasteiger partial charge in [0.25, 0.3) is 5.91 Å². The molecule has 1 saturated heterocycles. The number of carbonyl (C=O) groups is 2. The Labute approximate surface area is 164 Å². The zero-order chi connectivity index (χ0) is 18.3. The van der Waals surface area contributed by atoms with E-state index in [2.05, 4.69) is 6.07 Å². The molecule has 1 N–H and O–H groups in total. The van der Waals surface area contributed by atoms with E-state index in [1.165, 1.54) is 33.7 Å². The number of allylic oxidation sites excluding steroid dienone is 1. The largest absolute Gasteiger partial charge is 0.478 e. The van der Waals surface area contributed by atoms with E-state index < -0.39 is 5.97 Å². The van der Waals surface area contributed by atoms with Crippen molar-refractivity contribution in [3.05, 3.63) is 64.6 Å². The van der Waals surface area contributed by atoms with Crippen LogP contribution in [-0.4, -0.2) is 27.1 Å². The maximum absolute atomic E-state index is 13.1. The van der Waals surface area contributed by atoms with Gasteiger partial charge in [0.1, 0.15) is 0 Å². The second-order valence-corrected chi connectivity index (χ2v) is 8.54. The molecule has 26 heavy (non-hydrogen) atoms. The Bertz CT molecular complexity index is 966. The number of rotatable bonds is 2. The number of anilines is 1. The van der Waals surface area contributed by atoms with Crippen molar-refractivity contribution in [2.24, 2.45) is 0 Å². The SMILES string of the molecule is O=C(O)c1ccc(N2C(=O)/C(=C3\CCSc4ccccc43)SC2=S)cc1. The standard InChI is InChI=1S/C19H13NO3S3/c21-17-16(14-9-10-25-15-4-2-1-3-13(14)15)26-19(24)20(17)12-7-5-11(6-8-12)18(22)23/h1-8H,9-10H2,(H,22,23)/b16-14-. The highest BCUT2D eigenvalue weighted by Crippen LogP contribution is 2.45. The van der Waals surface area contributed by atoms with Gasteiger partial charge in [-0.2, -0.15) is 0 Å². The Balaban J connectivity index is 1.73. The van der Waals surface area contributed by atoms with Crippen molar-refractivity contribution in [1.82, 2.24) is 0 Å². The molecule has 2 aliphatic rings. The molecule has 2 aliphatic heterocycles. The molecule has 0 aliphatic carbocycles. The summed E-state index contributed by atoms with van der Waals surface area (Å²) in [7, 11) is 0. The number of fused-ring (bicyclic) bond motifs is 1. The van der Waals surface area contributed by atoms with Crippen molar-refractivity contribution < 1.29 is 14.7 Å². The molecule has 2 aromatic rings. The van der Waals surface area contributed by atoms with Gasteiger partial charge in [0, 0.05) is 10.6 Å². The maximum atomic E-state index is 13.1. The minimum absolute atomic E-state index is 0.139. The second kappa shape index (κ2) is 6.90. The van der Waals surface area contributed by atoms with E-state index in [1.807, 2.05) is 18.2 Å². The number of aromatic carboxylic acids is 1. The zero-order valence-corrected chi connectivity index (χ0v) is 15.9. The van der Waals surface area contributed by atoms with Crippen LogP contribution in [0.25, 0.3) is 5.57 Å². The van der Waals surface area contributed by atoms with Crippen LogP contribution in [0.1, 0.15) is 22.3 Å². The van der Waals surface area contributed by atoms with Crippen molar-refractivity contribution in [2.75, 3.05) is 10.7 Å². The number of hydrogen-bond acceptors (Lipinski definition) is 5. The van der Waals surface area contributed by atoms with Crippen LogP contribution >= 0.6 is 35.7 Å². The van der Waals surface area contributed by atoms with Crippen molar-refractivity contribution in [3.63, 3.8) is 0 Å². The Morgan fingerprint density at radius 2 is 1.85 bits per heavy atom. The summed E-state index contributed by atoms with van der Waals surface area (Å²) in [5.41, 5.74) is 2.91. The third-order valence-corrected chi connectivity index (χ3v) is 6.73. The van der Waals surface area contributed by atoms with Crippen molar-refractivity contribution in [3.8, 4) is 0 Å². The normalized spacial score (nSPS) is 19.6. The van der Waals surface area contributed by atoms with Crippen LogP contribution in [0, 0.1) is 0 Å². The van der Waals surface area contributed by atoms with E-state index in [0.29, 0.717) is 14.9 Å².